The molecule has 1 saturated heterocycles. The van der Waals surface area contributed by atoms with Gasteiger partial charge in [0, 0.05) is 17.1 Å². The number of fused-ring (bicyclic) bond motifs is 1. The first-order valence-corrected chi connectivity index (χ1v) is 15.1. The van der Waals surface area contributed by atoms with Gasteiger partial charge in [0.2, 0.25) is 5.91 Å². The highest BCUT2D eigenvalue weighted by atomic mass is 32.2. The number of hydrogen-bond acceptors (Lipinski definition) is 12. The highest BCUT2D eigenvalue weighted by Gasteiger charge is 2.54. The van der Waals surface area contributed by atoms with Crippen LogP contribution in [0, 0.1) is 6.92 Å². The second-order valence-corrected chi connectivity index (χ2v) is 12.7. The number of thioether (sulfide) groups is 2. The molecular weight excluding hydrogens is 607 g/mol. The van der Waals surface area contributed by atoms with Crippen molar-refractivity contribution in [2.75, 3.05) is 11.5 Å². The largest absolute Gasteiger partial charge is 0.508 e. The summed E-state index contributed by atoms with van der Waals surface area (Å²) in [5.41, 5.74) is 0.671. The first-order chi connectivity index (χ1) is 20.0. The molecule has 0 radical (unpaired) electrons. The number of hydrogen-bond donors (Lipinski definition) is 6. The molecule has 218 valence electrons. The van der Waals surface area contributed by atoms with E-state index in [4.69, 9.17) is 0 Å². The number of phenols is 3. The van der Waals surface area contributed by atoms with E-state index in [1.165, 1.54) is 65.2 Å². The summed E-state index contributed by atoms with van der Waals surface area (Å²) < 4.78 is 0.682. The number of β-lactam (4-membered cyclic amide) rings is 1. The van der Waals surface area contributed by atoms with Crippen molar-refractivity contribution in [2.24, 2.45) is 0 Å². The van der Waals surface area contributed by atoms with Gasteiger partial charge >= 0.3 is 5.97 Å². The van der Waals surface area contributed by atoms with Crippen molar-refractivity contribution >= 4 is 58.6 Å². The Morgan fingerprint density at radius 1 is 1.10 bits per heavy atom. The summed E-state index contributed by atoms with van der Waals surface area (Å²) in [6.45, 7) is 1.81. The first-order valence-electron chi connectivity index (χ1n) is 12.3. The lowest BCUT2D eigenvalue weighted by Crippen LogP contribution is -2.71. The van der Waals surface area contributed by atoms with Crippen LogP contribution in [-0.2, 0) is 14.4 Å². The minimum absolute atomic E-state index is 0.0408. The molecule has 0 bridgehead atoms. The molecule has 3 heterocycles. The SMILES string of the molecule is Cc1nnc(SCC2=C(C(=O)O)N3C(=O)C(NC(=O)C(NC(=O)c4ccc(O)c(O)c4)c4ccc(O)cc4)[C@@H]3SC2)s1. The van der Waals surface area contributed by atoms with Crippen LogP contribution in [0.15, 0.2) is 58.1 Å². The van der Waals surface area contributed by atoms with E-state index in [1.807, 2.05) is 6.92 Å². The Morgan fingerprint density at radius 3 is 2.48 bits per heavy atom. The quantitative estimate of drug-likeness (QED) is 0.114. The highest BCUT2D eigenvalue weighted by Crippen LogP contribution is 2.42. The number of carboxylic acids is 1. The molecule has 3 amide bonds. The Bertz CT molecular complexity index is 1610. The third-order valence-electron chi connectivity index (χ3n) is 6.43. The normalized spacial score (nSPS) is 18.6. The van der Waals surface area contributed by atoms with Gasteiger partial charge in [0.15, 0.2) is 15.8 Å². The van der Waals surface area contributed by atoms with Crippen molar-refractivity contribution in [3.8, 4) is 17.2 Å². The molecule has 1 fully saturated rings. The molecule has 6 N–H and O–H groups in total. The molecule has 2 aliphatic heterocycles. The molecule has 3 atom stereocenters. The van der Waals surface area contributed by atoms with E-state index < -0.39 is 52.6 Å². The van der Waals surface area contributed by atoms with Crippen LogP contribution in [0.1, 0.15) is 27.0 Å². The minimum Gasteiger partial charge on any atom is -0.508 e. The molecule has 0 saturated carbocycles. The standard InChI is InChI=1S/C26H23N5O8S3/c1-11-29-30-26(42-11)41-10-14-9-40-24-19(23(37)31(24)20(14)25(38)39)28-22(36)18(12-2-5-15(32)6-3-12)27-21(35)13-4-7-16(33)17(34)8-13/h2-8,18-19,24,32-34H,9-10H2,1H3,(H,27,35)(H,28,36)(H,38,39)/t18?,19?,24-/m0/s1. The van der Waals surface area contributed by atoms with Crippen molar-refractivity contribution < 1.29 is 39.6 Å². The van der Waals surface area contributed by atoms with Gasteiger partial charge in [-0.1, -0.05) is 35.2 Å². The third kappa shape index (κ3) is 5.86. The van der Waals surface area contributed by atoms with E-state index >= 15 is 0 Å². The van der Waals surface area contributed by atoms with E-state index in [0.717, 1.165) is 22.0 Å². The van der Waals surface area contributed by atoms with Gasteiger partial charge < -0.3 is 31.1 Å². The fraction of sp³-hybridized carbons (Fsp3) is 0.231. The van der Waals surface area contributed by atoms with Gasteiger partial charge in [0.1, 0.15) is 33.9 Å². The summed E-state index contributed by atoms with van der Waals surface area (Å²) in [7, 11) is 0. The molecule has 3 aromatic rings. The maximum atomic E-state index is 13.5. The molecule has 1 aromatic heterocycles. The van der Waals surface area contributed by atoms with Gasteiger partial charge in [-0.3, -0.25) is 19.3 Å². The summed E-state index contributed by atoms with van der Waals surface area (Å²) in [5, 5.41) is 52.2. The highest BCUT2D eigenvalue weighted by molar-refractivity contribution is 8.01. The molecule has 2 aromatic carbocycles. The van der Waals surface area contributed by atoms with Crippen LogP contribution in [0.2, 0.25) is 0 Å². The van der Waals surface area contributed by atoms with Crippen LogP contribution in [0.25, 0.3) is 0 Å². The lowest BCUT2D eigenvalue weighted by atomic mass is 10.0. The predicted molar refractivity (Wildman–Crippen MR) is 153 cm³/mol. The zero-order valence-corrected chi connectivity index (χ0v) is 24.1. The Labute approximate surface area is 250 Å². The van der Waals surface area contributed by atoms with Crippen LogP contribution in [0.4, 0.5) is 0 Å². The Morgan fingerprint density at radius 2 is 1.83 bits per heavy atom. The number of aliphatic carboxylic acids is 1. The van der Waals surface area contributed by atoms with E-state index in [0.29, 0.717) is 27.0 Å². The van der Waals surface area contributed by atoms with Crippen molar-refractivity contribution in [1.82, 2.24) is 25.7 Å². The van der Waals surface area contributed by atoms with E-state index in [2.05, 4.69) is 20.8 Å². The molecule has 16 heteroatoms. The van der Waals surface area contributed by atoms with Gasteiger partial charge in [-0.25, -0.2) is 4.79 Å². The van der Waals surface area contributed by atoms with E-state index in [-0.39, 0.29) is 17.0 Å². The van der Waals surface area contributed by atoms with Crippen molar-refractivity contribution in [2.45, 2.75) is 28.7 Å². The molecule has 2 unspecified atom stereocenters. The van der Waals surface area contributed by atoms with Gasteiger partial charge in [0.05, 0.1) is 0 Å². The summed E-state index contributed by atoms with van der Waals surface area (Å²) in [6, 6.07) is 6.54. The maximum Gasteiger partial charge on any atom is 0.352 e. The van der Waals surface area contributed by atoms with Crippen molar-refractivity contribution in [3.05, 3.63) is 69.9 Å². The van der Waals surface area contributed by atoms with Crippen LogP contribution >= 0.6 is 34.9 Å². The Balaban J connectivity index is 1.33. The minimum atomic E-state index is -1.32. The molecule has 13 nitrogen and oxygen atoms in total. The van der Waals surface area contributed by atoms with Gasteiger partial charge in [-0.05, 0) is 48.4 Å². The number of amides is 3. The van der Waals surface area contributed by atoms with Gasteiger partial charge in [-0.2, -0.15) is 0 Å². The Hall–Kier alpha value is -4.28. The summed E-state index contributed by atoms with van der Waals surface area (Å²) in [6.07, 6.45) is 0. The lowest BCUT2D eigenvalue weighted by Gasteiger charge is -2.49. The van der Waals surface area contributed by atoms with Crippen molar-refractivity contribution in [1.29, 1.82) is 0 Å². The van der Waals surface area contributed by atoms with Crippen molar-refractivity contribution in [3.63, 3.8) is 0 Å². The van der Waals surface area contributed by atoms with E-state index in [1.54, 1.807) is 0 Å². The average molecular weight is 630 g/mol. The first kappa shape index (κ1) is 29.2. The number of carbonyl (C=O) groups excluding carboxylic acids is 3. The zero-order chi connectivity index (χ0) is 30.1. The van der Waals surface area contributed by atoms with Crippen LogP contribution in [0.3, 0.4) is 0 Å². The number of aryl methyl sites for hydroxylation is 1. The van der Waals surface area contributed by atoms with Crippen LogP contribution in [0.5, 0.6) is 17.2 Å². The average Bonchev–Trinajstić information content (AvgIpc) is 3.39. The Kier molecular flexibility index (Phi) is 8.29. The van der Waals surface area contributed by atoms with Gasteiger partial charge in [0.25, 0.3) is 11.8 Å². The van der Waals surface area contributed by atoms with Crippen LogP contribution < -0.4 is 10.6 Å². The fourth-order valence-corrected chi connectivity index (χ4v) is 7.66. The number of phenolic OH excluding ortho intramolecular Hbond substituents is 3. The fourth-order valence-electron chi connectivity index (χ4n) is 4.36. The number of benzene rings is 2. The predicted octanol–water partition coefficient (Wildman–Crippen LogP) is 1.97. The lowest BCUT2D eigenvalue weighted by molar-refractivity contribution is -0.151. The molecule has 2 aliphatic rings. The number of aromatic nitrogens is 2. The summed E-state index contributed by atoms with van der Waals surface area (Å²) >= 11 is 4.03. The molecule has 0 spiro atoms. The number of carbonyl (C=O) groups is 4. The smallest absolute Gasteiger partial charge is 0.352 e. The van der Waals surface area contributed by atoms with Crippen LogP contribution in [-0.4, -0.2) is 82.1 Å². The topological polar surface area (TPSA) is 202 Å². The molecule has 5 rings (SSSR count). The third-order valence-corrected chi connectivity index (χ3v) is 9.82. The molecule has 42 heavy (non-hydrogen) atoms. The van der Waals surface area contributed by atoms with E-state index in [9.17, 15) is 39.6 Å². The molecule has 0 aliphatic carbocycles. The molecular formula is C26H23N5O8S3. The van der Waals surface area contributed by atoms with Gasteiger partial charge in [-0.15, -0.1) is 22.0 Å². The summed E-state index contributed by atoms with van der Waals surface area (Å²) in [5.74, 6) is -3.76. The monoisotopic (exact) mass is 629 g/mol. The number of nitrogens with one attached hydrogen (secondary N) is 2. The second-order valence-electron chi connectivity index (χ2n) is 9.23. The number of rotatable bonds is 9. The number of nitrogens with zero attached hydrogens (tertiary/aromatic N) is 3. The number of aromatic hydroxyl groups is 3. The zero-order valence-electron chi connectivity index (χ0n) is 21.7. The number of carboxylic acid groups (broad SMARTS) is 1. The second kappa shape index (κ2) is 11.9. The maximum absolute atomic E-state index is 13.5. The summed E-state index contributed by atoms with van der Waals surface area (Å²) in [4.78, 5) is 53.0.